The van der Waals surface area contributed by atoms with Gasteiger partial charge in [0.25, 0.3) is 0 Å². The number of ketones is 1. The molecule has 1 N–H and O–H groups in total. The Balaban J connectivity index is 1.66. The second-order valence-corrected chi connectivity index (χ2v) is 9.30. The number of nitrogens with one attached hydrogen (secondary N) is 1. The molecule has 0 radical (unpaired) electrons. The Kier molecular flexibility index (Phi) is 7.45. The molecule has 1 aromatic carbocycles. The van der Waals surface area contributed by atoms with Crippen molar-refractivity contribution >= 4 is 11.8 Å². The van der Waals surface area contributed by atoms with Gasteiger partial charge >= 0.3 is 5.97 Å². The second-order valence-electron chi connectivity index (χ2n) is 9.30. The lowest BCUT2D eigenvalue weighted by molar-refractivity contribution is -0.141. The van der Waals surface area contributed by atoms with E-state index in [4.69, 9.17) is 18.6 Å². The number of carbonyl (C=O) groups is 2. The van der Waals surface area contributed by atoms with E-state index in [9.17, 15) is 9.59 Å². The molecule has 35 heavy (non-hydrogen) atoms. The minimum atomic E-state index is -0.614. The molecule has 7 nitrogen and oxygen atoms in total. The van der Waals surface area contributed by atoms with Crippen molar-refractivity contribution in [3.8, 4) is 5.75 Å². The molecule has 186 valence electrons. The number of hydrogen-bond acceptors (Lipinski definition) is 7. The van der Waals surface area contributed by atoms with Gasteiger partial charge in [-0.1, -0.05) is 12.1 Å². The van der Waals surface area contributed by atoms with Crippen LogP contribution in [0.1, 0.15) is 62.5 Å². The van der Waals surface area contributed by atoms with Crippen LogP contribution in [0.2, 0.25) is 0 Å². The Bertz CT molecular complexity index is 1170. The Labute approximate surface area is 206 Å². The van der Waals surface area contributed by atoms with Gasteiger partial charge in [-0.3, -0.25) is 4.79 Å². The van der Waals surface area contributed by atoms with Crippen LogP contribution in [-0.4, -0.2) is 38.2 Å². The first-order chi connectivity index (χ1) is 16.8. The van der Waals surface area contributed by atoms with Gasteiger partial charge in [-0.05, 0) is 69.9 Å². The standard InChI is InChI=1S/C28H33NO6/c1-16(2)33-11-12-34-28(31)25-18(4)29-22-14-20(19-7-6-8-21(13-19)32-5)15-23(30)26(22)27(25)24-10-9-17(3)35-24/h6-10,13,16,20,27,29H,11-12,14-15H2,1-5H3/t20-,27+/m0/s1. The van der Waals surface area contributed by atoms with E-state index in [-0.39, 0.29) is 24.4 Å². The average molecular weight is 480 g/mol. The van der Waals surface area contributed by atoms with Crippen molar-refractivity contribution in [2.45, 2.75) is 58.5 Å². The van der Waals surface area contributed by atoms with Crippen LogP contribution in [0.3, 0.4) is 0 Å². The normalized spacial score (nSPS) is 20.1. The van der Waals surface area contributed by atoms with Gasteiger partial charge in [0.1, 0.15) is 23.9 Å². The van der Waals surface area contributed by atoms with Crippen molar-refractivity contribution in [3.63, 3.8) is 0 Å². The van der Waals surface area contributed by atoms with Crippen molar-refractivity contribution in [3.05, 3.63) is 76.0 Å². The van der Waals surface area contributed by atoms with Gasteiger partial charge in [-0.15, -0.1) is 0 Å². The van der Waals surface area contributed by atoms with E-state index in [0.717, 1.165) is 17.0 Å². The number of Topliss-reactive ketones (excluding diaryl/α,β-unsaturated/α-hetero) is 1. The molecule has 1 aromatic heterocycles. The number of dihydropyridines is 1. The third kappa shape index (κ3) is 5.35. The van der Waals surface area contributed by atoms with Crippen LogP contribution in [0.15, 0.2) is 63.4 Å². The van der Waals surface area contributed by atoms with Crippen molar-refractivity contribution < 1.29 is 28.2 Å². The lowest BCUT2D eigenvalue weighted by Gasteiger charge is -2.35. The molecule has 7 heteroatoms. The summed E-state index contributed by atoms with van der Waals surface area (Å²) in [5, 5.41) is 3.36. The van der Waals surface area contributed by atoms with Crippen LogP contribution < -0.4 is 10.1 Å². The number of carbonyl (C=O) groups excluding carboxylic acids is 2. The molecule has 0 saturated carbocycles. The van der Waals surface area contributed by atoms with E-state index in [1.54, 1.807) is 7.11 Å². The molecule has 2 aliphatic rings. The molecule has 0 unspecified atom stereocenters. The molecule has 0 fully saturated rings. The van der Waals surface area contributed by atoms with E-state index < -0.39 is 11.9 Å². The van der Waals surface area contributed by atoms with E-state index in [1.807, 2.05) is 64.1 Å². The van der Waals surface area contributed by atoms with Crippen LogP contribution in [0, 0.1) is 6.92 Å². The average Bonchev–Trinajstić information content (AvgIpc) is 3.26. The van der Waals surface area contributed by atoms with Gasteiger partial charge in [0, 0.05) is 23.4 Å². The quantitative estimate of drug-likeness (QED) is 0.424. The van der Waals surface area contributed by atoms with Crippen molar-refractivity contribution in [2.75, 3.05) is 20.3 Å². The highest BCUT2D eigenvalue weighted by Gasteiger charge is 2.42. The zero-order valence-corrected chi connectivity index (χ0v) is 21.0. The van der Waals surface area contributed by atoms with E-state index in [0.29, 0.717) is 47.8 Å². The number of hydrogen-bond donors (Lipinski definition) is 1. The smallest absolute Gasteiger partial charge is 0.336 e. The Morgan fingerprint density at radius 2 is 1.94 bits per heavy atom. The minimum Gasteiger partial charge on any atom is -0.497 e. The monoisotopic (exact) mass is 479 g/mol. The molecular formula is C28H33NO6. The van der Waals surface area contributed by atoms with Crippen molar-refractivity contribution in [2.24, 2.45) is 0 Å². The Morgan fingerprint density at radius 3 is 2.63 bits per heavy atom. The zero-order valence-electron chi connectivity index (χ0n) is 21.0. The predicted molar refractivity (Wildman–Crippen MR) is 131 cm³/mol. The summed E-state index contributed by atoms with van der Waals surface area (Å²) in [6.45, 7) is 7.98. The number of rotatable bonds is 8. The molecule has 2 atom stereocenters. The molecule has 1 aliphatic heterocycles. The van der Waals surface area contributed by atoms with Crippen LogP contribution in [0.4, 0.5) is 0 Å². The summed E-state index contributed by atoms with van der Waals surface area (Å²) in [6.07, 6.45) is 1.04. The van der Waals surface area contributed by atoms with E-state index >= 15 is 0 Å². The summed E-state index contributed by atoms with van der Waals surface area (Å²) in [5.41, 5.74) is 3.51. The van der Waals surface area contributed by atoms with Crippen molar-refractivity contribution in [1.82, 2.24) is 5.32 Å². The number of methoxy groups -OCH3 is 1. The van der Waals surface area contributed by atoms with E-state index in [1.165, 1.54) is 0 Å². The molecule has 2 aromatic rings. The molecule has 2 heterocycles. The zero-order chi connectivity index (χ0) is 25.1. The molecule has 1 aliphatic carbocycles. The van der Waals surface area contributed by atoms with Crippen LogP contribution in [0.25, 0.3) is 0 Å². The molecule has 0 saturated heterocycles. The van der Waals surface area contributed by atoms with Gasteiger partial charge in [0.05, 0.1) is 31.3 Å². The number of esters is 1. The first-order valence-electron chi connectivity index (χ1n) is 12.0. The topological polar surface area (TPSA) is 87.0 Å². The minimum absolute atomic E-state index is 0.00781. The van der Waals surface area contributed by atoms with Gasteiger partial charge in [-0.25, -0.2) is 4.79 Å². The molecular weight excluding hydrogens is 446 g/mol. The number of furan rings is 1. The number of ether oxygens (including phenoxy) is 3. The second kappa shape index (κ2) is 10.5. The fraction of sp³-hybridized carbons (Fsp3) is 0.429. The Morgan fingerprint density at radius 1 is 1.14 bits per heavy atom. The summed E-state index contributed by atoms with van der Waals surface area (Å²) in [7, 11) is 1.63. The highest BCUT2D eigenvalue weighted by molar-refractivity contribution is 6.04. The van der Waals surface area contributed by atoms with Crippen LogP contribution in [0.5, 0.6) is 5.75 Å². The SMILES string of the molecule is COc1cccc([C@@H]2CC(=O)C3=C(C2)NC(C)=C(C(=O)OCCOC(C)C)[C@H]3c2ccc(C)o2)c1. The van der Waals surface area contributed by atoms with Gasteiger partial charge < -0.3 is 23.9 Å². The Hall–Kier alpha value is -3.32. The molecule has 0 amide bonds. The lowest BCUT2D eigenvalue weighted by Crippen LogP contribution is -2.36. The maximum Gasteiger partial charge on any atom is 0.336 e. The highest BCUT2D eigenvalue weighted by atomic mass is 16.6. The third-order valence-corrected chi connectivity index (χ3v) is 6.43. The number of aryl methyl sites for hydroxylation is 1. The van der Waals surface area contributed by atoms with Gasteiger partial charge in [0.15, 0.2) is 5.78 Å². The first kappa shape index (κ1) is 24.8. The largest absolute Gasteiger partial charge is 0.497 e. The van der Waals surface area contributed by atoms with Gasteiger partial charge in [-0.2, -0.15) is 0 Å². The lowest BCUT2D eigenvalue weighted by atomic mass is 9.73. The fourth-order valence-corrected chi connectivity index (χ4v) is 4.83. The van der Waals surface area contributed by atoms with E-state index in [2.05, 4.69) is 5.32 Å². The van der Waals surface area contributed by atoms with Gasteiger partial charge in [0.2, 0.25) is 0 Å². The molecule has 0 spiro atoms. The molecule has 4 rings (SSSR count). The highest BCUT2D eigenvalue weighted by Crippen LogP contribution is 2.46. The molecule has 0 bridgehead atoms. The van der Waals surface area contributed by atoms with Crippen molar-refractivity contribution in [1.29, 1.82) is 0 Å². The summed E-state index contributed by atoms with van der Waals surface area (Å²) >= 11 is 0. The summed E-state index contributed by atoms with van der Waals surface area (Å²) in [6, 6.07) is 11.5. The number of benzene rings is 1. The number of allylic oxidation sites excluding steroid dienone is 3. The maximum atomic E-state index is 13.6. The third-order valence-electron chi connectivity index (χ3n) is 6.43. The van der Waals surface area contributed by atoms with Crippen LogP contribution in [-0.2, 0) is 19.1 Å². The predicted octanol–water partition coefficient (Wildman–Crippen LogP) is 4.93. The summed E-state index contributed by atoms with van der Waals surface area (Å²) in [4.78, 5) is 26.8. The summed E-state index contributed by atoms with van der Waals surface area (Å²) < 4.78 is 22.4. The first-order valence-corrected chi connectivity index (χ1v) is 12.0. The fourth-order valence-electron chi connectivity index (χ4n) is 4.83. The summed E-state index contributed by atoms with van der Waals surface area (Å²) in [5.74, 6) is 0.956. The van der Waals surface area contributed by atoms with Crippen LogP contribution >= 0.6 is 0 Å². The maximum absolute atomic E-state index is 13.6.